The maximum Gasteiger partial charge on any atom is 0.373 e. The SMILES string of the molecule is COC(=C[C@@H]1[C@@H](C(=O)O[C@H](C#N)c2cccc(Oc3ccccc3)c2)C1(C)C)C(=O)OC(C)(C)C. The lowest BCUT2D eigenvalue weighted by atomic mass is 10.1. The van der Waals surface area contributed by atoms with Gasteiger partial charge >= 0.3 is 11.9 Å². The van der Waals surface area contributed by atoms with Crippen molar-refractivity contribution in [1.82, 2.24) is 0 Å². The third-order valence-electron chi connectivity index (χ3n) is 5.81. The summed E-state index contributed by atoms with van der Waals surface area (Å²) in [6.07, 6.45) is 0.506. The van der Waals surface area contributed by atoms with Gasteiger partial charge in [-0.3, -0.25) is 4.79 Å². The molecular weight excluding hydrogens is 446 g/mol. The van der Waals surface area contributed by atoms with E-state index in [9.17, 15) is 14.9 Å². The van der Waals surface area contributed by atoms with E-state index < -0.39 is 35.0 Å². The molecule has 3 rings (SSSR count). The van der Waals surface area contributed by atoms with Crippen LogP contribution in [0.4, 0.5) is 0 Å². The summed E-state index contributed by atoms with van der Waals surface area (Å²) in [6.45, 7) is 9.10. The van der Waals surface area contributed by atoms with E-state index in [1.807, 2.05) is 50.2 Å². The lowest BCUT2D eigenvalue weighted by molar-refractivity contribution is -0.154. The van der Waals surface area contributed by atoms with Gasteiger partial charge in [0, 0.05) is 11.5 Å². The van der Waals surface area contributed by atoms with E-state index in [0.717, 1.165) is 0 Å². The molecule has 7 nitrogen and oxygen atoms in total. The summed E-state index contributed by atoms with van der Waals surface area (Å²) in [5.74, 6) is -0.727. The Hall–Kier alpha value is -3.79. The van der Waals surface area contributed by atoms with Crippen LogP contribution in [-0.4, -0.2) is 24.6 Å². The summed E-state index contributed by atoms with van der Waals surface area (Å²) in [5.41, 5.74) is -0.641. The molecule has 0 N–H and O–H groups in total. The van der Waals surface area contributed by atoms with Gasteiger partial charge in [0.25, 0.3) is 0 Å². The van der Waals surface area contributed by atoms with Gasteiger partial charge in [0.2, 0.25) is 11.9 Å². The minimum absolute atomic E-state index is 0.0379. The highest BCUT2D eigenvalue weighted by Gasteiger charge is 2.62. The van der Waals surface area contributed by atoms with E-state index in [4.69, 9.17) is 18.9 Å². The number of ether oxygens (including phenoxy) is 4. The molecule has 0 unspecified atom stereocenters. The van der Waals surface area contributed by atoms with Crippen LogP contribution in [0.3, 0.4) is 0 Å². The van der Waals surface area contributed by atoms with Gasteiger partial charge in [-0.15, -0.1) is 0 Å². The molecule has 0 bridgehead atoms. The first-order valence-electron chi connectivity index (χ1n) is 11.4. The quantitative estimate of drug-likeness (QED) is 0.272. The number of carbonyl (C=O) groups excluding carboxylic acids is 2. The predicted octanol–water partition coefficient (Wildman–Crippen LogP) is 5.73. The largest absolute Gasteiger partial charge is 0.490 e. The predicted molar refractivity (Wildman–Crippen MR) is 129 cm³/mol. The highest BCUT2D eigenvalue weighted by molar-refractivity contribution is 5.87. The van der Waals surface area contributed by atoms with Gasteiger partial charge < -0.3 is 18.9 Å². The Bertz CT molecular complexity index is 1140. The molecular formula is C28H31NO6. The van der Waals surface area contributed by atoms with E-state index in [1.54, 1.807) is 51.1 Å². The minimum atomic E-state index is -1.10. The zero-order chi connectivity index (χ0) is 25.8. The number of methoxy groups -OCH3 is 1. The first-order chi connectivity index (χ1) is 16.5. The first kappa shape index (κ1) is 25.8. The van der Waals surface area contributed by atoms with E-state index in [0.29, 0.717) is 17.1 Å². The lowest BCUT2D eigenvalue weighted by Gasteiger charge is -2.20. The number of hydrogen-bond acceptors (Lipinski definition) is 7. The summed E-state index contributed by atoms with van der Waals surface area (Å²) >= 11 is 0. The van der Waals surface area contributed by atoms with Crippen LogP contribution in [0.25, 0.3) is 0 Å². The number of rotatable bonds is 8. The Morgan fingerprint density at radius 2 is 1.71 bits per heavy atom. The van der Waals surface area contributed by atoms with Crippen LogP contribution in [0.1, 0.15) is 46.3 Å². The smallest absolute Gasteiger partial charge is 0.373 e. The van der Waals surface area contributed by atoms with E-state index in [1.165, 1.54) is 7.11 Å². The molecule has 1 aliphatic rings. The molecule has 0 heterocycles. The van der Waals surface area contributed by atoms with Gasteiger partial charge in [-0.2, -0.15) is 5.26 Å². The van der Waals surface area contributed by atoms with Gasteiger partial charge in [0.15, 0.2) is 0 Å². The molecule has 0 amide bonds. The number of hydrogen-bond donors (Lipinski definition) is 0. The lowest BCUT2D eigenvalue weighted by Crippen LogP contribution is -2.25. The number of para-hydroxylation sites is 1. The van der Waals surface area contributed by atoms with Gasteiger partial charge in [-0.25, -0.2) is 4.79 Å². The van der Waals surface area contributed by atoms with Crippen LogP contribution < -0.4 is 4.74 Å². The molecule has 3 atom stereocenters. The van der Waals surface area contributed by atoms with E-state index >= 15 is 0 Å². The fourth-order valence-electron chi connectivity index (χ4n) is 3.87. The zero-order valence-corrected chi connectivity index (χ0v) is 20.9. The molecule has 2 aromatic rings. The molecule has 1 aliphatic carbocycles. The van der Waals surface area contributed by atoms with Gasteiger partial charge in [0.1, 0.15) is 23.2 Å². The second kappa shape index (κ2) is 10.2. The van der Waals surface area contributed by atoms with Crippen LogP contribution >= 0.6 is 0 Å². The monoisotopic (exact) mass is 477 g/mol. The van der Waals surface area contributed by atoms with Crippen molar-refractivity contribution in [2.24, 2.45) is 17.3 Å². The summed E-state index contributed by atoms with van der Waals surface area (Å²) < 4.78 is 22.0. The normalized spacial score (nSPS) is 19.6. The Balaban J connectivity index is 1.72. The topological polar surface area (TPSA) is 94.9 Å². The highest BCUT2D eigenvalue weighted by atomic mass is 16.6. The van der Waals surface area contributed by atoms with Gasteiger partial charge in [0.05, 0.1) is 13.0 Å². The average molecular weight is 478 g/mol. The van der Waals surface area contributed by atoms with Crippen LogP contribution in [-0.2, 0) is 23.8 Å². The van der Waals surface area contributed by atoms with Crippen LogP contribution in [0.15, 0.2) is 66.4 Å². The van der Waals surface area contributed by atoms with Gasteiger partial charge in [-0.1, -0.05) is 44.2 Å². The van der Waals surface area contributed by atoms with Crippen LogP contribution in [0.5, 0.6) is 11.5 Å². The summed E-state index contributed by atoms with van der Waals surface area (Å²) in [6, 6.07) is 18.2. The van der Waals surface area contributed by atoms with Crippen molar-refractivity contribution in [1.29, 1.82) is 5.26 Å². The fourth-order valence-corrected chi connectivity index (χ4v) is 3.87. The standard InChI is InChI=1S/C28H31NO6/c1-27(2,3)35-25(30)22(32-6)16-21-24(28(21,4)5)26(31)34-23(17-29)18-11-10-14-20(15-18)33-19-12-8-7-9-13-19/h7-16,21,23-24H,1-6H3/t21-,23-,24+/m1/s1. The number of carbonyl (C=O) groups is 2. The zero-order valence-electron chi connectivity index (χ0n) is 20.9. The Morgan fingerprint density at radius 3 is 2.31 bits per heavy atom. The fraction of sp³-hybridized carbons (Fsp3) is 0.393. The molecule has 2 aromatic carbocycles. The number of allylic oxidation sites excluding steroid dienone is 1. The highest BCUT2D eigenvalue weighted by Crippen LogP contribution is 2.60. The Morgan fingerprint density at radius 1 is 1.06 bits per heavy atom. The molecule has 0 spiro atoms. The van der Waals surface area contributed by atoms with Gasteiger partial charge in [-0.05, 0) is 56.5 Å². The van der Waals surface area contributed by atoms with Crippen molar-refractivity contribution in [3.05, 3.63) is 72.0 Å². The molecule has 7 heteroatoms. The molecule has 1 saturated carbocycles. The van der Waals surface area contributed by atoms with Crippen molar-refractivity contribution < 1.29 is 28.5 Å². The summed E-state index contributed by atoms with van der Waals surface area (Å²) in [5, 5.41) is 9.71. The third-order valence-corrected chi connectivity index (χ3v) is 5.81. The number of nitriles is 1. The van der Waals surface area contributed by atoms with Crippen LogP contribution in [0.2, 0.25) is 0 Å². The second-order valence-electron chi connectivity index (χ2n) is 10.00. The van der Waals surface area contributed by atoms with E-state index in [2.05, 4.69) is 0 Å². The second-order valence-corrected chi connectivity index (χ2v) is 10.00. The summed E-state index contributed by atoms with van der Waals surface area (Å²) in [4.78, 5) is 25.5. The number of esters is 2. The van der Waals surface area contributed by atoms with Crippen molar-refractivity contribution >= 4 is 11.9 Å². The minimum Gasteiger partial charge on any atom is -0.490 e. The molecule has 0 aliphatic heterocycles. The molecule has 0 saturated heterocycles. The molecule has 184 valence electrons. The third kappa shape index (κ3) is 6.42. The van der Waals surface area contributed by atoms with Crippen molar-refractivity contribution in [3.8, 4) is 17.6 Å². The number of nitrogens with zero attached hydrogens (tertiary/aromatic N) is 1. The molecule has 0 radical (unpaired) electrons. The maximum atomic E-state index is 13.0. The molecule has 0 aromatic heterocycles. The number of benzene rings is 2. The molecule has 1 fully saturated rings. The Labute approximate surface area is 206 Å². The van der Waals surface area contributed by atoms with Crippen molar-refractivity contribution in [2.75, 3.05) is 7.11 Å². The van der Waals surface area contributed by atoms with Crippen LogP contribution in [0, 0.1) is 28.6 Å². The summed E-state index contributed by atoms with van der Waals surface area (Å²) in [7, 11) is 1.38. The Kier molecular flexibility index (Phi) is 7.54. The maximum absolute atomic E-state index is 13.0. The van der Waals surface area contributed by atoms with Crippen molar-refractivity contribution in [3.63, 3.8) is 0 Å². The van der Waals surface area contributed by atoms with E-state index in [-0.39, 0.29) is 11.7 Å². The first-order valence-corrected chi connectivity index (χ1v) is 11.4. The molecule has 35 heavy (non-hydrogen) atoms. The van der Waals surface area contributed by atoms with Crippen molar-refractivity contribution in [2.45, 2.75) is 46.3 Å². The average Bonchev–Trinajstić information content (AvgIpc) is 3.35.